The topological polar surface area (TPSA) is 99.1 Å². The van der Waals surface area contributed by atoms with E-state index in [0.29, 0.717) is 19.3 Å². The lowest BCUT2D eigenvalue weighted by atomic mass is 9.85. The number of alkyl halides is 3. The van der Waals surface area contributed by atoms with E-state index in [0.717, 1.165) is 50.3 Å². The molecule has 1 N–H and O–H groups in total. The second-order valence-electron chi connectivity index (χ2n) is 7.54. The van der Waals surface area contributed by atoms with Crippen molar-refractivity contribution in [2.45, 2.75) is 70.3 Å². The van der Waals surface area contributed by atoms with E-state index in [1.807, 2.05) is 6.92 Å². The first-order valence-electron chi connectivity index (χ1n) is 10.1. The molecule has 0 heterocycles. The van der Waals surface area contributed by atoms with Crippen LogP contribution in [0.2, 0.25) is 0 Å². The highest BCUT2D eigenvalue weighted by Gasteiger charge is 2.36. The number of hydrogen-bond donors (Lipinski definition) is 1. The molecule has 0 bridgehead atoms. The van der Waals surface area contributed by atoms with Crippen LogP contribution in [0, 0.1) is 0 Å². The Morgan fingerprint density at radius 1 is 1.10 bits per heavy atom. The monoisotopic (exact) mass is 468 g/mol. The lowest BCUT2D eigenvalue weighted by Gasteiger charge is -2.36. The number of ether oxygens (including phenoxy) is 3. The molecule has 0 spiro atoms. The normalized spacial score (nSPS) is 17.3. The number of halogens is 3. The second-order valence-corrected chi connectivity index (χ2v) is 9.11. The summed E-state index contributed by atoms with van der Waals surface area (Å²) in [6, 6.07) is 3.14. The zero-order valence-corrected chi connectivity index (χ0v) is 18.1. The fraction of sp³-hybridized carbons (Fsp3) is 0.650. The first-order chi connectivity index (χ1) is 14.4. The van der Waals surface area contributed by atoms with E-state index in [1.54, 1.807) is 0 Å². The van der Waals surface area contributed by atoms with Crippen molar-refractivity contribution in [2.24, 2.45) is 0 Å². The summed E-state index contributed by atoms with van der Waals surface area (Å²) in [5.74, 6) is -2.56. The fourth-order valence-corrected chi connectivity index (χ4v) is 3.85. The maximum Gasteiger partial charge on any atom is 0.573 e. The van der Waals surface area contributed by atoms with Crippen molar-refractivity contribution in [2.75, 3.05) is 12.4 Å². The third-order valence-corrected chi connectivity index (χ3v) is 5.90. The zero-order chi connectivity index (χ0) is 23.1. The van der Waals surface area contributed by atoms with Crippen molar-refractivity contribution in [3.8, 4) is 11.5 Å². The van der Waals surface area contributed by atoms with Crippen LogP contribution in [-0.4, -0.2) is 43.3 Å². The molecular formula is C20H27F3O7S. The van der Waals surface area contributed by atoms with E-state index in [9.17, 15) is 26.4 Å². The first kappa shape index (κ1) is 25.3. The van der Waals surface area contributed by atoms with Crippen LogP contribution in [0.15, 0.2) is 18.2 Å². The van der Waals surface area contributed by atoms with Gasteiger partial charge >= 0.3 is 12.3 Å². The number of carbonyl (C=O) groups excluding carboxylic acids is 1. The Morgan fingerprint density at radius 3 is 2.26 bits per heavy atom. The zero-order valence-electron chi connectivity index (χ0n) is 17.2. The van der Waals surface area contributed by atoms with Crippen LogP contribution in [0.5, 0.6) is 11.5 Å². The predicted octanol–water partition coefficient (Wildman–Crippen LogP) is 4.90. The van der Waals surface area contributed by atoms with E-state index >= 15 is 0 Å². The van der Waals surface area contributed by atoms with Gasteiger partial charge in [0, 0.05) is 0 Å². The van der Waals surface area contributed by atoms with Crippen LogP contribution in [0.1, 0.15) is 68.6 Å². The molecule has 0 amide bonds. The highest BCUT2D eigenvalue weighted by atomic mass is 32.2. The molecule has 31 heavy (non-hydrogen) atoms. The van der Waals surface area contributed by atoms with E-state index in [2.05, 4.69) is 4.74 Å². The molecule has 0 aliphatic heterocycles. The lowest BCUT2D eigenvalue weighted by molar-refractivity contribution is -0.275. The number of hydrogen-bond acceptors (Lipinski definition) is 6. The summed E-state index contributed by atoms with van der Waals surface area (Å²) in [6.45, 7) is 1.30. The molecule has 7 nitrogen and oxygen atoms in total. The van der Waals surface area contributed by atoms with Gasteiger partial charge in [0.05, 0.1) is 5.56 Å². The van der Waals surface area contributed by atoms with E-state index in [1.165, 1.54) is 0 Å². The smallest absolute Gasteiger partial charge is 0.483 e. The maximum atomic E-state index is 12.9. The third-order valence-electron chi connectivity index (χ3n) is 5.22. The molecule has 176 valence electrons. The molecule has 1 fully saturated rings. The lowest BCUT2D eigenvalue weighted by Crippen LogP contribution is -2.36. The first-order valence-corrected chi connectivity index (χ1v) is 11.7. The van der Waals surface area contributed by atoms with Crippen molar-refractivity contribution in [3.63, 3.8) is 0 Å². The highest BCUT2D eigenvalue weighted by molar-refractivity contribution is 7.85. The van der Waals surface area contributed by atoms with Crippen molar-refractivity contribution in [1.29, 1.82) is 0 Å². The predicted molar refractivity (Wildman–Crippen MR) is 106 cm³/mol. The Morgan fingerprint density at radius 2 is 1.71 bits per heavy atom. The molecule has 0 saturated heterocycles. The highest BCUT2D eigenvalue weighted by Crippen LogP contribution is 2.40. The summed E-state index contributed by atoms with van der Waals surface area (Å²) in [7, 11) is -4.32. The van der Waals surface area contributed by atoms with Crippen molar-refractivity contribution >= 4 is 16.1 Å². The Labute approximate surface area is 179 Å². The standard InChI is InChI=1S/C20H27F3O7S/c1-2-19(10-6-4-3-5-7-11-19)29-17-14-15(8-9-16(17)30-20(21,22)23)18(24)28-12-13-31(25,26)27/h8-9,14H,2-7,10-13H2,1H3,(H,25,26,27). The minimum absolute atomic E-state index is 0.128. The Balaban J connectivity index is 2.29. The molecule has 11 heteroatoms. The molecule has 1 aromatic rings. The molecule has 2 rings (SSSR count). The van der Waals surface area contributed by atoms with E-state index in [-0.39, 0.29) is 11.3 Å². The average molecular weight is 468 g/mol. The van der Waals surface area contributed by atoms with Crippen LogP contribution < -0.4 is 9.47 Å². The maximum absolute atomic E-state index is 12.9. The van der Waals surface area contributed by atoms with Gasteiger partial charge in [0.15, 0.2) is 11.5 Å². The molecule has 1 saturated carbocycles. The molecular weight excluding hydrogens is 441 g/mol. The summed E-state index contributed by atoms with van der Waals surface area (Å²) in [4.78, 5) is 12.2. The van der Waals surface area contributed by atoms with E-state index < -0.39 is 46.2 Å². The van der Waals surface area contributed by atoms with Crippen molar-refractivity contribution < 1.29 is 45.1 Å². The fourth-order valence-electron chi connectivity index (χ4n) is 3.56. The minimum Gasteiger partial charge on any atom is -0.483 e. The van der Waals surface area contributed by atoms with Crippen LogP contribution in [0.25, 0.3) is 0 Å². The molecule has 1 aliphatic rings. The van der Waals surface area contributed by atoms with Gasteiger partial charge in [0.2, 0.25) is 0 Å². The molecule has 0 aromatic heterocycles. The largest absolute Gasteiger partial charge is 0.573 e. The second kappa shape index (κ2) is 10.5. The van der Waals surface area contributed by atoms with Crippen LogP contribution in [0.4, 0.5) is 13.2 Å². The van der Waals surface area contributed by atoms with Crippen LogP contribution in [-0.2, 0) is 14.9 Å². The van der Waals surface area contributed by atoms with Gasteiger partial charge in [0.1, 0.15) is 18.0 Å². The van der Waals surface area contributed by atoms with Gasteiger partial charge < -0.3 is 14.2 Å². The van der Waals surface area contributed by atoms with Gasteiger partial charge in [0.25, 0.3) is 10.1 Å². The van der Waals surface area contributed by atoms with Crippen LogP contribution >= 0.6 is 0 Å². The Kier molecular flexibility index (Phi) is 8.58. The Hall–Kier alpha value is -2.01. The average Bonchev–Trinajstić information content (AvgIpc) is 2.63. The molecule has 1 aliphatic carbocycles. The van der Waals surface area contributed by atoms with Gasteiger partial charge in [-0.2, -0.15) is 8.42 Å². The molecule has 0 unspecified atom stereocenters. The summed E-state index contributed by atoms with van der Waals surface area (Å²) in [5.41, 5.74) is -0.811. The third kappa shape index (κ3) is 8.56. The van der Waals surface area contributed by atoms with E-state index in [4.69, 9.17) is 14.0 Å². The minimum atomic E-state index is -4.95. The van der Waals surface area contributed by atoms with Gasteiger partial charge in [-0.1, -0.05) is 26.2 Å². The summed E-state index contributed by atoms with van der Waals surface area (Å²) in [5, 5.41) is 0. The number of benzene rings is 1. The molecule has 0 atom stereocenters. The molecule has 0 radical (unpaired) electrons. The number of esters is 1. The quantitative estimate of drug-likeness (QED) is 0.428. The summed E-state index contributed by atoms with van der Waals surface area (Å²) >= 11 is 0. The SMILES string of the molecule is CCC1(Oc2cc(C(=O)OCCS(=O)(=O)O)ccc2OC(F)(F)F)CCCCCCC1. The summed E-state index contributed by atoms with van der Waals surface area (Å²) < 4.78 is 83.8. The Bertz CT molecular complexity index is 845. The van der Waals surface area contributed by atoms with Gasteiger partial charge in [-0.3, -0.25) is 4.55 Å². The van der Waals surface area contributed by atoms with Crippen molar-refractivity contribution in [1.82, 2.24) is 0 Å². The number of rotatable bonds is 8. The van der Waals surface area contributed by atoms with Crippen molar-refractivity contribution in [3.05, 3.63) is 23.8 Å². The number of carbonyl (C=O) groups is 1. The van der Waals surface area contributed by atoms with Crippen LogP contribution in [0.3, 0.4) is 0 Å². The molecule has 1 aromatic carbocycles. The van der Waals surface area contributed by atoms with Gasteiger partial charge in [-0.15, -0.1) is 13.2 Å². The summed E-state index contributed by atoms with van der Waals surface area (Å²) in [6.07, 6.45) is 1.83. The van der Waals surface area contributed by atoms with Gasteiger partial charge in [-0.05, 0) is 50.3 Å². The van der Waals surface area contributed by atoms with Gasteiger partial charge in [-0.25, -0.2) is 4.79 Å².